The molecule has 0 aliphatic rings. The number of rotatable bonds is 9. The zero-order valence-corrected chi connectivity index (χ0v) is 13.6. The topological polar surface area (TPSA) is 79.8 Å². The molecule has 0 heterocycles. The van der Waals surface area contributed by atoms with Crippen molar-refractivity contribution < 1.29 is 14.3 Å². The molecular weight excluding hydrogens is 302 g/mol. The van der Waals surface area contributed by atoms with E-state index in [0.717, 1.165) is 10.5 Å². The maximum Gasteiger partial charge on any atom is 0.249 e. The molecule has 0 spiro atoms. The molecule has 2 N–H and O–H groups in total. The fourth-order valence-electron chi connectivity index (χ4n) is 1.56. The van der Waals surface area contributed by atoms with Gasteiger partial charge in [0.15, 0.2) is 0 Å². The fourth-order valence-corrected chi connectivity index (χ4v) is 1.97. The number of carbonyl (C=O) groups excluding carboxylic acids is 2. The highest BCUT2D eigenvalue weighted by molar-refractivity contribution is 7.98. The Morgan fingerprint density at radius 2 is 2.00 bits per heavy atom. The van der Waals surface area contributed by atoms with Crippen molar-refractivity contribution in [3.05, 3.63) is 29.8 Å². The van der Waals surface area contributed by atoms with Crippen LogP contribution in [-0.4, -0.2) is 44.5 Å². The third-order valence-corrected chi connectivity index (χ3v) is 3.43. The molecule has 1 aromatic carbocycles. The zero-order chi connectivity index (χ0) is 16.2. The van der Waals surface area contributed by atoms with Crippen molar-refractivity contribution in [3.63, 3.8) is 0 Å². The predicted molar refractivity (Wildman–Crippen MR) is 88.1 cm³/mol. The van der Waals surface area contributed by atoms with E-state index in [4.69, 9.17) is 4.74 Å². The highest BCUT2D eigenvalue weighted by Crippen LogP contribution is 2.13. The second kappa shape index (κ2) is 10.8. The number of amides is 2. The van der Waals surface area contributed by atoms with Crippen LogP contribution in [0.5, 0.6) is 0 Å². The fraction of sp³-hybridized carbons (Fsp3) is 0.400. The summed E-state index contributed by atoms with van der Waals surface area (Å²) < 4.78 is 4.86. The van der Waals surface area contributed by atoms with Gasteiger partial charge in [-0.2, -0.15) is 5.10 Å². The largest absolute Gasteiger partial charge is 0.385 e. The molecule has 0 unspecified atom stereocenters. The molecule has 7 heteroatoms. The quantitative estimate of drug-likeness (QED) is 0.237. The Bertz CT molecular complexity index is 503. The molecule has 6 nitrogen and oxygen atoms in total. The monoisotopic (exact) mass is 323 g/mol. The van der Waals surface area contributed by atoms with Crippen molar-refractivity contribution in [3.8, 4) is 0 Å². The molecule has 1 rings (SSSR count). The lowest BCUT2D eigenvalue weighted by atomic mass is 10.2. The minimum absolute atomic E-state index is 0.240. The van der Waals surface area contributed by atoms with Crippen LogP contribution in [0.3, 0.4) is 0 Å². The number of nitrogens with zero attached hydrogens (tertiary/aromatic N) is 1. The van der Waals surface area contributed by atoms with Crippen LogP contribution in [0, 0.1) is 0 Å². The summed E-state index contributed by atoms with van der Waals surface area (Å²) in [6.45, 7) is 1.07. The summed E-state index contributed by atoms with van der Waals surface area (Å²) in [5.74, 6) is -0.769. The molecular formula is C15H21N3O3S. The molecule has 1 aromatic rings. The SMILES string of the molecule is COCCCNC(=O)CC(=O)NN=Cc1ccc(SC)cc1. The standard InChI is InChI=1S/C15H21N3O3S/c1-21-9-3-8-16-14(19)10-15(20)18-17-11-12-4-6-13(22-2)7-5-12/h4-7,11H,3,8-10H2,1-2H3,(H,16,19)(H,18,20). The van der Waals surface area contributed by atoms with E-state index in [-0.39, 0.29) is 12.3 Å². The molecule has 0 saturated carbocycles. The number of methoxy groups -OCH3 is 1. The summed E-state index contributed by atoms with van der Waals surface area (Å²) in [6, 6.07) is 7.76. The smallest absolute Gasteiger partial charge is 0.249 e. The van der Waals surface area contributed by atoms with Crippen molar-refractivity contribution in [1.29, 1.82) is 0 Å². The van der Waals surface area contributed by atoms with Gasteiger partial charge in [0.2, 0.25) is 11.8 Å². The number of hydrogen-bond acceptors (Lipinski definition) is 5. The summed E-state index contributed by atoms with van der Waals surface area (Å²) in [6.07, 6.45) is 4.02. The average Bonchev–Trinajstić information content (AvgIpc) is 2.52. The number of ether oxygens (including phenoxy) is 1. The van der Waals surface area contributed by atoms with Crippen LogP contribution in [-0.2, 0) is 14.3 Å². The number of nitrogens with one attached hydrogen (secondary N) is 2. The summed E-state index contributed by atoms with van der Waals surface area (Å²) in [7, 11) is 1.60. The number of benzene rings is 1. The van der Waals surface area contributed by atoms with Gasteiger partial charge in [-0.15, -0.1) is 11.8 Å². The van der Waals surface area contributed by atoms with Crippen LogP contribution in [0.1, 0.15) is 18.4 Å². The highest BCUT2D eigenvalue weighted by Gasteiger charge is 2.07. The van der Waals surface area contributed by atoms with Gasteiger partial charge < -0.3 is 10.1 Å². The minimum atomic E-state index is -0.443. The normalized spacial score (nSPS) is 10.6. The molecule has 0 radical (unpaired) electrons. The van der Waals surface area contributed by atoms with Crippen LogP contribution in [0.25, 0.3) is 0 Å². The lowest BCUT2D eigenvalue weighted by molar-refractivity contribution is -0.129. The first-order valence-electron chi connectivity index (χ1n) is 6.87. The molecule has 0 aliphatic heterocycles. The minimum Gasteiger partial charge on any atom is -0.385 e. The first-order chi connectivity index (χ1) is 10.7. The van der Waals surface area contributed by atoms with E-state index in [1.807, 2.05) is 30.5 Å². The first-order valence-corrected chi connectivity index (χ1v) is 8.09. The lowest BCUT2D eigenvalue weighted by Crippen LogP contribution is -2.30. The molecule has 0 fully saturated rings. The summed E-state index contributed by atoms with van der Waals surface area (Å²) in [4.78, 5) is 24.1. The highest BCUT2D eigenvalue weighted by atomic mass is 32.2. The Hall–Kier alpha value is -1.86. The number of thioether (sulfide) groups is 1. The van der Waals surface area contributed by atoms with E-state index < -0.39 is 5.91 Å². The van der Waals surface area contributed by atoms with Crippen LogP contribution in [0.2, 0.25) is 0 Å². The molecule has 22 heavy (non-hydrogen) atoms. The number of hydrazone groups is 1. The van der Waals surface area contributed by atoms with Gasteiger partial charge in [-0.05, 0) is 30.4 Å². The third kappa shape index (κ3) is 7.80. The molecule has 0 aromatic heterocycles. The average molecular weight is 323 g/mol. The van der Waals surface area contributed by atoms with Crippen molar-refractivity contribution in [1.82, 2.24) is 10.7 Å². The molecule has 2 amide bonds. The van der Waals surface area contributed by atoms with Crippen LogP contribution >= 0.6 is 11.8 Å². The van der Waals surface area contributed by atoms with Gasteiger partial charge in [0.1, 0.15) is 6.42 Å². The molecule has 0 saturated heterocycles. The van der Waals surface area contributed by atoms with E-state index in [1.165, 1.54) is 0 Å². The molecule has 120 valence electrons. The van der Waals surface area contributed by atoms with Gasteiger partial charge in [-0.3, -0.25) is 9.59 Å². The van der Waals surface area contributed by atoms with Gasteiger partial charge in [-0.1, -0.05) is 12.1 Å². The first kappa shape index (κ1) is 18.2. The second-order valence-electron chi connectivity index (χ2n) is 4.44. The van der Waals surface area contributed by atoms with E-state index in [0.29, 0.717) is 19.6 Å². The third-order valence-electron chi connectivity index (χ3n) is 2.69. The van der Waals surface area contributed by atoms with E-state index in [9.17, 15) is 9.59 Å². The van der Waals surface area contributed by atoms with Crippen molar-refractivity contribution in [2.45, 2.75) is 17.7 Å². The van der Waals surface area contributed by atoms with Gasteiger partial charge in [0.25, 0.3) is 0 Å². The van der Waals surface area contributed by atoms with E-state index in [2.05, 4.69) is 15.8 Å². The zero-order valence-electron chi connectivity index (χ0n) is 12.8. The van der Waals surface area contributed by atoms with Gasteiger partial charge in [0, 0.05) is 25.2 Å². The Balaban J connectivity index is 2.26. The number of hydrogen-bond donors (Lipinski definition) is 2. The molecule has 0 bridgehead atoms. The van der Waals surface area contributed by atoms with Crippen LogP contribution in [0.15, 0.2) is 34.3 Å². The van der Waals surface area contributed by atoms with Crippen molar-refractivity contribution in [2.24, 2.45) is 5.10 Å². The Kier molecular flexibility index (Phi) is 8.94. The Morgan fingerprint density at radius 1 is 1.27 bits per heavy atom. The van der Waals surface area contributed by atoms with Crippen molar-refractivity contribution >= 4 is 29.8 Å². The lowest BCUT2D eigenvalue weighted by Gasteiger charge is -2.03. The number of carbonyl (C=O) groups is 2. The van der Waals surface area contributed by atoms with Crippen LogP contribution < -0.4 is 10.7 Å². The predicted octanol–water partition coefficient (Wildman–Crippen LogP) is 1.40. The second-order valence-corrected chi connectivity index (χ2v) is 5.32. The summed E-state index contributed by atoms with van der Waals surface area (Å²) in [5.41, 5.74) is 3.21. The Morgan fingerprint density at radius 3 is 2.64 bits per heavy atom. The maximum atomic E-state index is 11.5. The molecule has 0 aliphatic carbocycles. The summed E-state index contributed by atoms with van der Waals surface area (Å²) in [5, 5.41) is 6.46. The van der Waals surface area contributed by atoms with Crippen LogP contribution in [0.4, 0.5) is 0 Å². The van der Waals surface area contributed by atoms with E-state index >= 15 is 0 Å². The summed E-state index contributed by atoms with van der Waals surface area (Å²) >= 11 is 1.66. The Labute approximate surface area is 134 Å². The molecule has 0 atom stereocenters. The van der Waals surface area contributed by atoms with Gasteiger partial charge in [0.05, 0.1) is 6.21 Å². The van der Waals surface area contributed by atoms with Gasteiger partial charge >= 0.3 is 0 Å². The van der Waals surface area contributed by atoms with E-state index in [1.54, 1.807) is 25.1 Å². The maximum absolute atomic E-state index is 11.5. The van der Waals surface area contributed by atoms with Crippen molar-refractivity contribution in [2.75, 3.05) is 26.5 Å². The van der Waals surface area contributed by atoms with Gasteiger partial charge in [-0.25, -0.2) is 5.43 Å².